The molecule has 0 saturated carbocycles. The van der Waals surface area contributed by atoms with Crippen LogP contribution in [0.15, 0.2) is 0 Å². The van der Waals surface area contributed by atoms with E-state index in [1.165, 1.54) is 12.8 Å². The summed E-state index contributed by atoms with van der Waals surface area (Å²) >= 11 is 0. The van der Waals surface area contributed by atoms with Crippen molar-refractivity contribution >= 4 is 0 Å². The number of likely N-dealkylation sites (N-methyl/N-ethyl adjacent to an activating group) is 1. The fourth-order valence-electron chi connectivity index (χ4n) is 1.50. The Labute approximate surface area is 95.8 Å². The molecule has 0 aromatic carbocycles. The molecule has 1 unspecified atom stereocenters. The van der Waals surface area contributed by atoms with Gasteiger partial charge in [-0.15, -0.1) is 0 Å². The molecule has 0 aromatic rings. The second-order valence-corrected chi connectivity index (χ2v) is 5.00. The van der Waals surface area contributed by atoms with Crippen molar-refractivity contribution in [3.05, 3.63) is 0 Å². The maximum absolute atomic E-state index is 5.89. The zero-order chi connectivity index (χ0) is 11.7. The molecule has 0 amide bonds. The molecule has 2 heteroatoms. The molecule has 0 rings (SSSR count). The second-order valence-electron chi connectivity index (χ2n) is 5.00. The zero-order valence-corrected chi connectivity index (χ0v) is 11.2. The summed E-state index contributed by atoms with van der Waals surface area (Å²) in [6, 6.07) is 0. The Morgan fingerprint density at radius 2 is 1.80 bits per heavy atom. The Kier molecular flexibility index (Phi) is 9.12. The Morgan fingerprint density at radius 1 is 1.13 bits per heavy atom. The van der Waals surface area contributed by atoms with E-state index in [0.29, 0.717) is 12.0 Å². The second kappa shape index (κ2) is 9.17. The lowest BCUT2D eigenvalue weighted by Crippen LogP contribution is -2.33. The van der Waals surface area contributed by atoms with Crippen molar-refractivity contribution in [3.8, 4) is 0 Å². The van der Waals surface area contributed by atoms with Crippen LogP contribution in [0.5, 0.6) is 0 Å². The van der Waals surface area contributed by atoms with E-state index in [2.05, 4.69) is 39.9 Å². The van der Waals surface area contributed by atoms with Crippen LogP contribution in [0.1, 0.15) is 47.5 Å². The van der Waals surface area contributed by atoms with E-state index < -0.39 is 0 Å². The van der Waals surface area contributed by atoms with Crippen LogP contribution in [-0.2, 0) is 4.74 Å². The highest BCUT2D eigenvalue weighted by Gasteiger charge is 2.12. The molecule has 0 saturated heterocycles. The lowest BCUT2D eigenvalue weighted by molar-refractivity contribution is 0.0202. The zero-order valence-electron chi connectivity index (χ0n) is 11.2. The van der Waals surface area contributed by atoms with Crippen molar-refractivity contribution in [2.45, 2.75) is 53.6 Å². The van der Waals surface area contributed by atoms with Gasteiger partial charge in [-0.05, 0) is 31.2 Å². The van der Waals surface area contributed by atoms with Crippen LogP contribution >= 0.6 is 0 Å². The van der Waals surface area contributed by atoms with E-state index in [1.54, 1.807) is 0 Å². The van der Waals surface area contributed by atoms with E-state index in [1.807, 2.05) is 0 Å². The molecule has 1 atom stereocenters. The molecule has 0 bridgehead atoms. The molecule has 0 fully saturated rings. The largest absolute Gasteiger partial charge is 0.377 e. The lowest BCUT2D eigenvalue weighted by atomic mass is 10.1. The summed E-state index contributed by atoms with van der Waals surface area (Å²) in [5, 5.41) is 3.35. The van der Waals surface area contributed by atoms with Crippen molar-refractivity contribution in [2.75, 3.05) is 19.7 Å². The summed E-state index contributed by atoms with van der Waals surface area (Å²) in [5.41, 5.74) is 0. The molecule has 1 N–H and O–H groups in total. The van der Waals surface area contributed by atoms with E-state index in [9.17, 15) is 0 Å². The minimum atomic E-state index is 0.372. The van der Waals surface area contributed by atoms with Crippen molar-refractivity contribution in [2.24, 2.45) is 11.8 Å². The van der Waals surface area contributed by atoms with Gasteiger partial charge in [-0.1, -0.05) is 34.6 Å². The van der Waals surface area contributed by atoms with E-state index >= 15 is 0 Å². The minimum Gasteiger partial charge on any atom is -0.377 e. The average molecular weight is 215 g/mol. The number of nitrogens with one attached hydrogen (secondary N) is 1. The third-order valence-electron chi connectivity index (χ3n) is 2.60. The van der Waals surface area contributed by atoms with Crippen molar-refractivity contribution in [1.29, 1.82) is 0 Å². The monoisotopic (exact) mass is 215 g/mol. The predicted molar refractivity (Wildman–Crippen MR) is 67.2 cm³/mol. The molecule has 0 heterocycles. The first-order valence-corrected chi connectivity index (χ1v) is 6.40. The van der Waals surface area contributed by atoms with Crippen LogP contribution in [0.2, 0.25) is 0 Å². The highest BCUT2D eigenvalue weighted by atomic mass is 16.5. The third-order valence-corrected chi connectivity index (χ3v) is 2.60. The molecule has 2 nitrogen and oxygen atoms in total. The first-order chi connectivity index (χ1) is 7.07. The molecule has 0 radical (unpaired) electrons. The smallest absolute Gasteiger partial charge is 0.0722 e. The standard InChI is InChI=1S/C13H29NO/c1-6-14-10-13(12(4)5)15-9-7-8-11(2)3/h11-14H,6-10H2,1-5H3. The SMILES string of the molecule is CCNCC(OCCCC(C)C)C(C)C. The van der Waals surface area contributed by atoms with Gasteiger partial charge in [0.1, 0.15) is 0 Å². The molecule has 0 aliphatic rings. The molecule has 15 heavy (non-hydrogen) atoms. The summed E-state index contributed by atoms with van der Waals surface area (Å²) in [4.78, 5) is 0. The van der Waals surface area contributed by atoms with Crippen LogP contribution in [0.4, 0.5) is 0 Å². The summed E-state index contributed by atoms with van der Waals surface area (Å²) in [5.74, 6) is 1.39. The molecule has 0 aromatic heterocycles. The fraction of sp³-hybridized carbons (Fsp3) is 1.00. The first kappa shape index (κ1) is 14.9. The topological polar surface area (TPSA) is 21.3 Å². The molecule has 0 aliphatic carbocycles. The quantitative estimate of drug-likeness (QED) is 0.597. The molecular formula is C13H29NO. The van der Waals surface area contributed by atoms with Gasteiger partial charge in [0.05, 0.1) is 6.10 Å². The number of hydrogen-bond acceptors (Lipinski definition) is 2. The van der Waals surface area contributed by atoms with Crippen LogP contribution in [0.3, 0.4) is 0 Å². The van der Waals surface area contributed by atoms with Gasteiger partial charge in [-0.2, -0.15) is 0 Å². The summed E-state index contributed by atoms with van der Waals surface area (Å²) in [6.45, 7) is 14.0. The lowest BCUT2D eigenvalue weighted by Gasteiger charge is -2.22. The van der Waals surface area contributed by atoms with Crippen LogP contribution in [0, 0.1) is 11.8 Å². The number of hydrogen-bond donors (Lipinski definition) is 1. The Hall–Kier alpha value is -0.0800. The van der Waals surface area contributed by atoms with E-state index in [0.717, 1.165) is 25.6 Å². The van der Waals surface area contributed by atoms with Gasteiger partial charge < -0.3 is 10.1 Å². The first-order valence-electron chi connectivity index (χ1n) is 6.40. The number of rotatable bonds is 9. The Morgan fingerprint density at radius 3 is 2.27 bits per heavy atom. The molecule has 0 aliphatic heterocycles. The van der Waals surface area contributed by atoms with Gasteiger partial charge >= 0.3 is 0 Å². The summed E-state index contributed by atoms with van der Waals surface area (Å²) in [6.07, 6.45) is 2.83. The van der Waals surface area contributed by atoms with Crippen molar-refractivity contribution in [1.82, 2.24) is 5.32 Å². The van der Waals surface area contributed by atoms with Crippen molar-refractivity contribution in [3.63, 3.8) is 0 Å². The van der Waals surface area contributed by atoms with Gasteiger partial charge in [0.2, 0.25) is 0 Å². The molecule has 92 valence electrons. The highest BCUT2D eigenvalue weighted by molar-refractivity contribution is 4.65. The molecular weight excluding hydrogens is 186 g/mol. The Balaban J connectivity index is 3.57. The minimum absolute atomic E-state index is 0.372. The maximum atomic E-state index is 5.89. The fourth-order valence-corrected chi connectivity index (χ4v) is 1.50. The normalized spacial score (nSPS) is 13.8. The van der Waals surface area contributed by atoms with Gasteiger partial charge in [0.15, 0.2) is 0 Å². The van der Waals surface area contributed by atoms with Gasteiger partial charge in [0.25, 0.3) is 0 Å². The van der Waals surface area contributed by atoms with Gasteiger partial charge in [-0.3, -0.25) is 0 Å². The predicted octanol–water partition coefficient (Wildman–Crippen LogP) is 3.07. The average Bonchev–Trinajstić information content (AvgIpc) is 2.15. The molecule has 0 spiro atoms. The van der Waals surface area contributed by atoms with Gasteiger partial charge in [0, 0.05) is 13.2 Å². The van der Waals surface area contributed by atoms with Crippen LogP contribution in [-0.4, -0.2) is 25.8 Å². The summed E-state index contributed by atoms with van der Waals surface area (Å²) < 4.78 is 5.89. The van der Waals surface area contributed by atoms with E-state index in [4.69, 9.17) is 4.74 Å². The third kappa shape index (κ3) is 8.88. The van der Waals surface area contributed by atoms with Gasteiger partial charge in [-0.25, -0.2) is 0 Å². The Bertz CT molecular complexity index is 134. The van der Waals surface area contributed by atoms with Crippen LogP contribution < -0.4 is 5.32 Å². The highest BCUT2D eigenvalue weighted by Crippen LogP contribution is 2.09. The van der Waals surface area contributed by atoms with E-state index in [-0.39, 0.29) is 0 Å². The summed E-state index contributed by atoms with van der Waals surface area (Å²) in [7, 11) is 0. The number of ether oxygens (including phenoxy) is 1. The van der Waals surface area contributed by atoms with Crippen LogP contribution in [0.25, 0.3) is 0 Å². The van der Waals surface area contributed by atoms with Crippen molar-refractivity contribution < 1.29 is 4.74 Å². The maximum Gasteiger partial charge on any atom is 0.0722 e.